The van der Waals surface area contributed by atoms with Crippen LogP contribution in [-0.4, -0.2) is 61.1 Å². The maximum atomic E-state index is 11.4. The Morgan fingerprint density at radius 3 is 2.11 bits per heavy atom. The average molecular weight is 795 g/mol. The largest absolute Gasteiger partial charge is 0.386 e. The number of unbranched alkanes of at least 4 members (excludes halogenated alkanes) is 15. The van der Waals surface area contributed by atoms with Crippen molar-refractivity contribution in [3.05, 3.63) is 90.0 Å². The highest BCUT2D eigenvalue weighted by Gasteiger charge is 2.44. The number of methoxy groups -OCH3 is 1. The molecule has 1 fully saturated rings. The van der Waals surface area contributed by atoms with Gasteiger partial charge in [0.1, 0.15) is 19.0 Å². The number of aliphatic hydroxyl groups excluding tert-OH is 1. The van der Waals surface area contributed by atoms with Gasteiger partial charge in [0.25, 0.3) is 0 Å². The lowest BCUT2D eigenvalue weighted by molar-refractivity contribution is -0.142. The van der Waals surface area contributed by atoms with E-state index >= 15 is 0 Å². The van der Waals surface area contributed by atoms with Crippen molar-refractivity contribution in [2.75, 3.05) is 20.5 Å². The number of rotatable bonds is 33. The molecular weight excluding hydrogens is 717 g/mol. The summed E-state index contributed by atoms with van der Waals surface area (Å²) in [5.41, 5.74) is 2.50. The Kier molecular flexibility index (Phi) is 26.0. The second kappa shape index (κ2) is 30.1. The van der Waals surface area contributed by atoms with E-state index in [-0.39, 0.29) is 30.4 Å². The Morgan fingerprint density at radius 2 is 1.43 bits per heavy atom. The first kappa shape index (κ1) is 48.4. The maximum absolute atomic E-state index is 11.4. The summed E-state index contributed by atoms with van der Waals surface area (Å²) in [7, 11) is 1.63. The van der Waals surface area contributed by atoms with Crippen LogP contribution in [0.1, 0.15) is 154 Å². The molecule has 0 saturated carbocycles. The molecule has 1 saturated heterocycles. The van der Waals surface area contributed by atoms with Crippen LogP contribution in [0.25, 0.3) is 0 Å². The van der Waals surface area contributed by atoms with Crippen LogP contribution in [0.4, 0.5) is 0 Å². The molecule has 0 spiro atoms. The Balaban J connectivity index is 1.42. The second-order valence-electron chi connectivity index (χ2n) is 16.1. The van der Waals surface area contributed by atoms with Gasteiger partial charge >= 0.3 is 0 Å². The average Bonchev–Trinajstić information content (AvgIpc) is 3.51. The van der Waals surface area contributed by atoms with Crippen molar-refractivity contribution < 1.29 is 28.8 Å². The van der Waals surface area contributed by atoms with Gasteiger partial charge in [-0.25, -0.2) is 0 Å². The van der Waals surface area contributed by atoms with E-state index in [0.717, 1.165) is 45.1 Å². The maximum Gasteiger partial charge on any atom is 0.164 e. The van der Waals surface area contributed by atoms with Crippen molar-refractivity contribution in [3.8, 4) is 0 Å². The van der Waals surface area contributed by atoms with Gasteiger partial charge in [-0.05, 0) is 70.6 Å². The van der Waals surface area contributed by atoms with E-state index in [4.69, 9.17) is 23.7 Å². The lowest BCUT2D eigenvalue weighted by Gasteiger charge is -2.25. The van der Waals surface area contributed by atoms with Crippen molar-refractivity contribution >= 4 is 11.8 Å². The fourth-order valence-electron chi connectivity index (χ4n) is 7.27. The molecule has 0 aliphatic carbocycles. The summed E-state index contributed by atoms with van der Waals surface area (Å²) in [6, 6.07) is 19.2. The van der Waals surface area contributed by atoms with Gasteiger partial charge in [-0.1, -0.05) is 169 Å². The van der Waals surface area contributed by atoms with Gasteiger partial charge in [0.2, 0.25) is 0 Å². The zero-order chi connectivity index (χ0) is 40.1. The molecular formula is C49H78O6S. The van der Waals surface area contributed by atoms with Crippen molar-refractivity contribution in [2.45, 2.75) is 197 Å². The van der Waals surface area contributed by atoms with E-state index in [1.165, 1.54) is 99.5 Å². The Bertz CT molecular complexity index is 1280. The molecule has 1 aliphatic rings. The van der Waals surface area contributed by atoms with Crippen LogP contribution in [0.2, 0.25) is 0 Å². The number of thioether (sulfide) groups is 1. The molecule has 0 bridgehead atoms. The second-order valence-corrected chi connectivity index (χ2v) is 17.5. The zero-order valence-corrected chi connectivity index (χ0v) is 36.7. The standard InChI is InChI=1S/C49H78O6S/c1-6-7-8-9-10-13-17-20-26-31-47(56-43-34-32-41(2)33-35-43)48-46(54-49(3,4)55-48)37-36-44(50)45(53-40-51-5)30-25-19-16-14-11-12-15-18-21-27-38-52-39-42-28-23-22-24-29-42/h20,22-24,26,28-29,32-37,44-48,50H,6-19,21,25,27,30-31,38-40H2,1-5H3/b26-20+,37-36+/t44-,45+,46+,47?,48-/m0/s1. The lowest BCUT2D eigenvalue weighted by Crippen LogP contribution is -2.33. The van der Waals surface area contributed by atoms with Crippen LogP contribution in [0.3, 0.4) is 0 Å². The Hall–Kier alpha value is -1.97. The van der Waals surface area contributed by atoms with Crippen LogP contribution < -0.4 is 0 Å². The third-order valence-corrected chi connectivity index (χ3v) is 11.8. The molecule has 7 heteroatoms. The summed E-state index contributed by atoms with van der Waals surface area (Å²) < 4.78 is 30.1. The van der Waals surface area contributed by atoms with Crippen molar-refractivity contribution in [1.82, 2.24) is 0 Å². The molecule has 0 amide bonds. The summed E-state index contributed by atoms with van der Waals surface area (Å²) in [4.78, 5) is 1.23. The molecule has 56 heavy (non-hydrogen) atoms. The molecule has 6 nitrogen and oxygen atoms in total. The molecule has 0 radical (unpaired) electrons. The fourth-order valence-corrected chi connectivity index (χ4v) is 8.46. The van der Waals surface area contributed by atoms with E-state index in [0.29, 0.717) is 6.61 Å². The van der Waals surface area contributed by atoms with Crippen LogP contribution in [0.5, 0.6) is 0 Å². The minimum Gasteiger partial charge on any atom is -0.386 e. The minimum absolute atomic E-state index is 0.150. The van der Waals surface area contributed by atoms with Crippen molar-refractivity contribution in [1.29, 1.82) is 0 Å². The minimum atomic E-state index is -0.762. The third kappa shape index (κ3) is 21.7. The lowest BCUT2D eigenvalue weighted by atomic mass is 10.0. The number of hydrogen-bond donors (Lipinski definition) is 1. The van der Waals surface area contributed by atoms with Gasteiger partial charge in [0, 0.05) is 23.9 Å². The van der Waals surface area contributed by atoms with Crippen LogP contribution in [0, 0.1) is 6.92 Å². The number of aryl methyl sites for hydroxylation is 1. The Morgan fingerprint density at radius 1 is 0.786 bits per heavy atom. The van der Waals surface area contributed by atoms with E-state index < -0.39 is 11.9 Å². The summed E-state index contributed by atoms with van der Waals surface area (Å²) in [6.07, 6.45) is 29.9. The number of ether oxygens (including phenoxy) is 5. The van der Waals surface area contributed by atoms with Crippen molar-refractivity contribution in [3.63, 3.8) is 0 Å². The van der Waals surface area contributed by atoms with Crippen LogP contribution >= 0.6 is 11.8 Å². The zero-order valence-electron chi connectivity index (χ0n) is 35.8. The molecule has 5 atom stereocenters. The van der Waals surface area contributed by atoms with Gasteiger partial charge in [-0.2, -0.15) is 0 Å². The van der Waals surface area contributed by atoms with Gasteiger partial charge in [0.05, 0.1) is 18.8 Å². The predicted molar refractivity (Wildman–Crippen MR) is 235 cm³/mol. The summed E-state index contributed by atoms with van der Waals surface area (Å²) in [5.74, 6) is -0.720. The van der Waals surface area contributed by atoms with E-state index in [1.54, 1.807) is 7.11 Å². The molecule has 1 aliphatic heterocycles. The number of allylic oxidation sites excluding steroid dienone is 2. The van der Waals surface area contributed by atoms with Gasteiger partial charge < -0.3 is 28.8 Å². The third-order valence-electron chi connectivity index (χ3n) is 10.5. The highest BCUT2D eigenvalue weighted by atomic mass is 32.2. The van der Waals surface area contributed by atoms with Gasteiger partial charge in [-0.15, -0.1) is 11.8 Å². The molecule has 1 N–H and O–H groups in total. The quantitative estimate of drug-likeness (QED) is 0.0334. The van der Waals surface area contributed by atoms with E-state index in [1.807, 2.05) is 43.8 Å². The SMILES string of the molecule is CCCCCCCC/C=C/CC(Sc1ccc(C)cc1)[C@H]1OC(C)(C)O[C@@H]1/C=C/[C@H](O)[C@@H](CCCCCCCCCCCCOCc1ccccc1)OCOC. The highest BCUT2D eigenvalue weighted by Crippen LogP contribution is 2.39. The van der Waals surface area contributed by atoms with Gasteiger partial charge in [0.15, 0.2) is 5.79 Å². The summed E-state index contributed by atoms with van der Waals surface area (Å²) in [6.45, 7) is 10.1. The summed E-state index contributed by atoms with van der Waals surface area (Å²) >= 11 is 1.86. The number of aliphatic hydroxyl groups is 1. The normalized spacial score (nSPS) is 18.6. The van der Waals surface area contributed by atoms with Gasteiger partial charge in [-0.3, -0.25) is 0 Å². The topological polar surface area (TPSA) is 66.4 Å². The highest BCUT2D eigenvalue weighted by molar-refractivity contribution is 8.00. The fraction of sp³-hybridized carbons (Fsp3) is 0.673. The van der Waals surface area contributed by atoms with Crippen molar-refractivity contribution in [2.24, 2.45) is 0 Å². The molecule has 3 rings (SSSR count). The van der Waals surface area contributed by atoms with Crippen LogP contribution in [-0.2, 0) is 30.3 Å². The Labute approximate surface area is 346 Å². The number of benzene rings is 2. The number of hydrogen-bond acceptors (Lipinski definition) is 7. The first-order chi connectivity index (χ1) is 27.3. The summed E-state index contributed by atoms with van der Waals surface area (Å²) in [5, 5.41) is 11.5. The molecule has 1 unspecified atom stereocenters. The molecule has 2 aromatic rings. The first-order valence-electron chi connectivity index (χ1n) is 22.1. The molecule has 1 heterocycles. The smallest absolute Gasteiger partial charge is 0.164 e. The molecule has 316 valence electrons. The van der Waals surface area contributed by atoms with E-state index in [2.05, 4.69) is 74.5 Å². The predicted octanol–water partition coefficient (Wildman–Crippen LogP) is 13.1. The van der Waals surface area contributed by atoms with Crippen LogP contribution in [0.15, 0.2) is 83.8 Å². The molecule has 2 aromatic carbocycles. The van der Waals surface area contributed by atoms with E-state index in [9.17, 15) is 5.11 Å². The monoisotopic (exact) mass is 795 g/mol. The molecule has 0 aromatic heterocycles. The first-order valence-corrected chi connectivity index (χ1v) is 23.0.